The number of quaternary nitrogens is 1. The summed E-state index contributed by atoms with van der Waals surface area (Å²) in [5, 5.41) is 9.92. The Morgan fingerprint density at radius 1 is 0.860 bits per heavy atom. The van der Waals surface area contributed by atoms with Crippen molar-refractivity contribution in [2.45, 2.75) is 71.0 Å². The summed E-state index contributed by atoms with van der Waals surface area (Å²) in [5.41, 5.74) is 0. The van der Waals surface area contributed by atoms with Gasteiger partial charge in [-0.2, -0.15) is 0 Å². The molecule has 0 aliphatic rings. The van der Waals surface area contributed by atoms with Gasteiger partial charge in [0.1, 0.15) is 19.8 Å². The smallest absolute Gasteiger partial charge is 0.462 e. The Bertz CT molecular complexity index is 993. The first-order chi connectivity index (χ1) is 20.3. The monoisotopic (exact) mass is 626 g/mol. The van der Waals surface area contributed by atoms with Crippen LogP contribution in [0.2, 0.25) is 0 Å². The van der Waals surface area contributed by atoms with Crippen LogP contribution in [-0.4, -0.2) is 86.1 Å². The van der Waals surface area contributed by atoms with E-state index in [2.05, 4.69) is 25.2 Å². The lowest BCUT2D eigenvalue weighted by Gasteiger charge is -2.24. The van der Waals surface area contributed by atoms with E-state index in [-0.39, 0.29) is 19.6 Å². The molecule has 0 aliphatic heterocycles. The number of aliphatic hydroxyl groups is 1. The number of phosphoric acid groups is 1. The van der Waals surface area contributed by atoms with Crippen LogP contribution in [0, 0.1) is 0 Å². The van der Waals surface area contributed by atoms with Crippen LogP contribution in [0.4, 0.5) is 0 Å². The molecule has 0 heterocycles. The number of aliphatic hydroxyl groups excluding tert-OH is 1. The number of likely N-dealkylation sites (N-methyl/N-ethyl adjacent to an activating group) is 1. The molecule has 0 fully saturated rings. The van der Waals surface area contributed by atoms with Crippen molar-refractivity contribution in [1.82, 2.24) is 0 Å². The van der Waals surface area contributed by atoms with Crippen LogP contribution in [0.15, 0.2) is 72.9 Å². The van der Waals surface area contributed by atoms with E-state index in [1.54, 1.807) is 6.08 Å². The first-order valence-corrected chi connectivity index (χ1v) is 16.2. The molecular weight excluding hydrogens is 573 g/mol. The zero-order chi connectivity index (χ0) is 32.4. The minimum absolute atomic E-state index is 0.00461. The predicted molar refractivity (Wildman–Crippen MR) is 170 cm³/mol. The van der Waals surface area contributed by atoms with Gasteiger partial charge in [-0.1, -0.05) is 79.8 Å². The van der Waals surface area contributed by atoms with Crippen molar-refractivity contribution in [3.8, 4) is 0 Å². The van der Waals surface area contributed by atoms with E-state index in [4.69, 9.17) is 18.5 Å². The Kier molecular flexibility index (Phi) is 23.3. The van der Waals surface area contributed by atoms with Crippen molar-refractivity contribution < 1.29 is 47.2 Å². The molecule has 11 heteroatoms. The van der Waals surface area contributed by atoms with Crippen LogP contribution in [0.25, 0.3) is 0 Å². The zero-order valence-corrected chi connectivity index (χ0v) is 27.4. The third-order valence-electron chi connectivity index (χ3n) is 5.39. The molecule has 10 nitrogen and oxygen atoms in total. The summed E-state index contributed by atoms with van der Waals surface area (Å²) < 4.78 is 32.6. The molecule has 43 heavy (non-hydrogen) atoms. The number of phosphoric ester groups is 1. The lowest BCUT2D eigenvalue weighted by atomic mass is 10.2. The number of hydrogen-bond donors (Lipinski definition) is 2. The van der Waals surface area contributed by atoms with E-state index in [9.17, 15) is 24.2 Å². The van der Waals surface area contributed by atoms with Gasteiger partial charge in [0, 0.05) is 13.3 Å². The highest BCUT2D eigenvalue weighted by atomic mass is 31.2. The van der Waals surface area contributed by atoms with Gasteiger partial charge in [-0.3, -0.25) is 18.6 Å². The largest absolute Gasteiger partial charge is 0.472 e. The average Bonchev–Trinajstić information content (AvgIpc) is 2.91. The SMILES string of the molecule is CC/C=C\C/C=C\CC(O)/C=C/C=C\C/C=C\C/C=C\CCC(=O)OC[C@H](COP(=O)(O)OCC[N+](C)(C)C)OC(C)=O. The van der Waals surface area contributed by atoms with Crippen molar-refractivity contribution in [2.75, 3.05) is 47.5 Å². The first-order valence-electron chi connectivity index (χ1n) is 14.7. The standard InChI is InChI=1S/C32H52NO9P/c1-6-7-8-9-16-19-22-30(35)23-20-17-14-12-10-11-13-15-18-21-24-32(36)39-27-31(42-29(2)34)28-41-43(37,38)40-26-25-33(3,4)5/h7-8,10-11,14-20,23,30-31,35H,6,9,12-13,21-22,24-28H2,1-5H3/p+1/b8-7-,11-10-,17-14-,18-15-,19-16-,23-20+/t30?,31-/m1/s1. The van der Waals surface area contributed by atoms with Gasteiger partial charge < -0.3 is 24.0 Å². The molecule has 0 radical (unpaired) electrons. The summed E-state index contributed by atoms with van der Waals surface area (Å²) in [7, 11) is 1.38. The highest BCUT2D eigenvalue weighted by Gasteiger charge is 2.26. The molecule has 244 valence electrons. The number of carbonyl (C=O) groups is 2. The fraction of sp³-hybridized carbons (Fsp3) is 0.562. The van der Waals surface area contributed by atoms with Crippen molar-refractivity contribution in [3.63, 3.8) is 0 Å². The third kappa shape index (κ3) is 29.3. The number of ether oxygens (including phenoxy) is 2. The Hall–Kier alpha value is -2.59. The summed E-state index contributed by atoms with van der Waals surface area (Å²) in [5.74, 6) is -1.13. The molecule has 0 rings (SSSR count). The fourth-order valence-electron chi connectivity index (χ4n) is 3.12. The summed E-state index contributed by atoms with van der Waals surface area (Å²) in [6.45, 7) is 3.01. The molecule has 0 aromatic carbocycles. The first kappa shape index (κ1) is 40.4. The topological polar surface area (TPSA) is 129 Å². The lowest BCUT2D eigenvalue weighted by molar-refractivity contribution is -0.870. The van der Waals surface area contributed by atoms with Crippen LogP contribution < -0.4 is 0 Å². The van der Waals surface area contributed by atoms with Gasteiger partial charge in [-0.05, 0) is 38.5 Å². The van der Waals surface area contributed by atoms with Crippen molar-refractivity contribution in [3.05, 3.63) is 72.9 Å². The molecule has 0 spiro atoms. The molecular formula is C32H53NO9P+. The minimum atomic E-state index is -4.35. The number of allylic oxidation sites excluding steroid dienone is 10. The Labute approximate surface area is 258 Å². The van der Waals surface area contributed by atoms with Crippen LogP contribution in [-0.2, 0) is 32.7 Å². The van der Waals surface area contributed by atoms with Crippen LogP contribution in [0.3, 0.4) is 0 Å². The quantitative estimate of drug-likeness (QED) is 0.0452. The molecule has 2 N–H and O–H groups in total. The Balaban J connectivity index is 4.19. The molecule has 0 aromatic heterocycles. The van der Waals surface area contributed by atoms with Gasteiger partial charge in [0.25, 0.3) is 0 Å². The summed E-state index contributed by atoms with van der Waals surface area (Å²) >= 11 is 0. The number of hydrogen-bond acceptors (Lipinski definition) is 8. The molecule has 0 amide bonds. The Morgan fingerprint density at radius 2 is 1.49 bits per heavy atom. The van der Waals surface area contributed by atoms with Crippen LogP contribution in [0.1, 0.15) is 58.8 Å². The summed E-state index contributed by atoms with van der Waals surface area (Å²) in [4.78, 5) is 33.2. The maximum Gasteiger partial charge on any atom is 0.472 e. The second-order valence-corrected chi connectivity index (χ2v) is 12.1. The normalized spacial score (nSPS) is 15.8. The second kappa shape index (κ2) is 24.8. The number of esters is 2. The average molecular weight is 627 g/mol. The van der Waals surface area contributed by atoms with Gasteiger partial charge in [-0.25, -0.2) is 4.57 Å². The van der Waals surface area contributed by atoms with Crippen LogP contribution >= 0.6 is 7.82 Å². The van der Waals surface area contributed by atoms with E-state index in [1.807, 2.05) is 69.8 Å². The molecule has 0 saturated heterocycles. The molecule has 0 bridgehead atoms. The number of carbonyl (C=O) groups excluding carboxylic acids is 2. The highest BCUT2D eigenvalue weighted by molar-refractivity contribution is 7.47. The van der Waals surface area contributed by atoms with Gasteiger partial charge >= 0.3 is 19.8 Å². The third-order valence-corrected chi connectivity index (χ3v) is 6.38. The maximum atomic E-state index is 12.1. The van der Waals surface area contributed by atoms with E-state index in [1.165, 1.54) is 6.92 Å². The molecule has 2 unspecified atom stereocenters. The second-order valence-electron chi connectivity index (χ2n) is 10.7. The van der Waals surface area contributed by atoms with Gasteiger partial charge in [0.2, 0.25) is 0 Å². The number of rotatable bonds is 24. The van der Waals surface area contributed by atoms with E-state index in [0.717, 1.165) is 25.7 Å². The van der Waals surface area contributed by atoms with Gasteiger partial charge in [0.15, 0.2) is 6.10 Å². The van der Waals surface area contributed by atoms with E-state index < -0.39 is 38.6 Å². The van der Waals surface area contributed by atoms with Gasteiger partial charge in [0.05, 0.1) is 33.9 Å². The predicted octanol–water partition coefficient (Wildman–Crippen LogP) is 5.75. The van der Waals surface area contributed by atoms with E-state index in [0.29, 0.717) is 23.9 Å². The summed E-state index contributed by atoms with van der Waals surface area (Å²) in [6.07, 6.45) is 26.8. The zero-order valence-electron chi connectivity index (χ0n) is 26.5. The molecule has 3 atom stereocenters. The maximum absolute atomic E-state index is 12.1. The van der Waals surface area contributed by atoms with Crippen molar-refractivity contribution >= 4 is 19.8 Å². The molecule has 0 aromatic rings. The Morgan fingerprint density at radius 3 is 2.14 bits per heavy atom. The minimum Gasteiger partial charge on any atom is -0.462 e. The summed E-state index contributed by atoms with van der Waals surface area (Å²) in [6, 6.07) is 0. The van der Waals surface area contributed by atoms with Crippen LogP contribution in [0.5, 0.6) is 0 Å². The lowest BCUT2D eigenvalue weighted by Crippen LogP contribution is -2.37. The fourth-order valence-corrected chi connectivity index (χ4v) is 3.86. The van der Waals surface area contributed by atoms with E-state index >= 15 is 0 Å². The highest BCUT2D eigenvalue weighted by Crippen LogP contribution is 2.43. The number of nitrogens with zero attached hydrogens (tertiary/aromatic N) is 1. The van der Waals surface area contributed by atoms with Crippen molar-refractivity contribution in [1.29, 1.82) is 0 Å². The molecule has 0 aliphatic carbocycles. The van der Waals surface area contributed by atoms with Crippen molar-refractivity contribution in [2.24, 2.45) is 0 Å². The molecule has 0 saturated carbocycles. The van der Waals surface area contributed by atoms with Gasteiger partial charge in [-0.15, -0.1) is 0 Å².